The van der Waals surface area contributed by atoms with Gasteiger partial charge in [0.1, 0.15) is 0 Å². The molecule has 0 aliphatic heterocycles. The second-order valence-electron chi connectivity index (χ2n) is 30.2. The SMILES string of the molecule is CC(C)(C)C1(C2(C(C)(C)C)c3ccccc3-c3c2cc(N(c2ccc([Si](C)(C)C)cc2)c2ccc(S(C)(C)C)cc2)c2ccccc32)c2ccccc2-c2c1cc(N(c1ccc([Si](C)(C)C)cc1)c1ccc([Si](C)(C)C)cc1)c1ccccc21. The Kier molecular flexibility index (Phi) is 13.7. The van der Waals surface area contributed by atoms with Crippen molar-refractivity contribution in [3.05, 3.63) is 229 Å². The molecule has 0 spiro atoms. The van der Waals surface area contributed by atoms with E-state index < -0.39 is 45.1 Å². The third kappa shape index (κ3) is 8.89. The molecule has 2 unspecified atom stereocenters. The van der Waals surface area contributed by atoms with Gasteiger partial charge in [-0.25, -0.2) is 10.0 Å². The molecule has 6 heteroatoms. The number of benzene rings is 10. The first-order valence-corrected chi connectivity index (χ1v) is 43.9. The molecule has 2 aliphatic rings. The minimum atomic E-state index is -1.61. The molecule has 0 heterocycles. The molecule has 84 heavy (non-hydrogen) atoms. The summed E-state index contributed by atoms with van der Waals surface area (Å²) in [5.74, 6) is 0. The number of rotatable bonds is 11. The third-order valence-electron chi connectivity index (χ3n) is 19.1. The Balaban J connectivity index is 1.25. The summed E-state index contributed by atoms with van der Waals surface area (Å²) in [4.78, 5) is 6.61. The highest BCUT2D eigenvalue weighted by Gasteiger charge is 2.71. The summed E-state index contributed by atoms with van der Waals surface area (Å²) in [6, 6.07) is 81.8. The molecular weight excluding hydrogens is 1080 g/mol. The minimum Gasteiger partial charge on any atom is -0.310 e. The van der Waals surface area contributed by atoms with Crippen LogP contribution in [0.15, 0.2) is 211 Å². The summed E-state index contributed by atoms with van der Waals surface area (Å²) in [6.07, 6.45) is 7.20. The molecule has 0 N–H and O–H groups in total. The summed E-state index contributed by atoms with van der Waals surface area (Å²) in [7, 11) is -5.80. The van der Waals surface area contributed by atoms with Crippen LogP contribution in [-0.4, -0.2) is 43.0 Å². The Morgan fingerprint density at radius 1 is 0.321 bits per heavy atom. The number of nitrogens with zero attached hydrogens (tertiary/aromatic N) is 2. The largest absolute Gasteiger partial charge is 0.310 e. The lowest BCUT2D eigenvalue weighted by Crippen LogP contribution is -2.62. The van der Waals surface area contributed by atoms with E-state index in [1.54, 1.807) is 0 Å². The van der Waals surface area contributed by atoms with Gasteiger partial charge in [0.25, 0.3) is 0 Å². The number of anilines is 6. The molecule has 0 amide bonds. The second-order valence-corrected chi connectivity index (χ2v) is 49.6. The highest BCUT2D eigenvalue weighted by molar-refractivity contribution is 8.32. The Hall–Kier alpha value is -6.68. The van der Waals surface area contributed by atoms with Crippen LogP contribution in [0.2, 0.25) is 58.9 Å². The molecule has 0 fully saturated rings. The van der Waals surface area contributed by atoms with Crippen LogP contribution in [0.3, 0.4) is 0 Å². The molecule has 12 rings (SSSR count). The summed E-state index contributed by atoms with van der Waals surface area (Å²) < 4.78 is 0. The molecule has 0 bridgehead atoms. The van der Waals surface area contributed by atoms with Crippen LogP contribution in [0.25, 0.3) is 43.8 Å². The van der Waals surface area contributed by atoms with E-state index in [4.69, 9.17) is 0 Å². The first-order chi connectivity index (χ1) is 39.5. The van der Waals surface area contributed by atoms with Gasteiger partial charge in [-0.1, -0.05) is 249 Å². The van der Waals surface area contributed by atoms with Crippen molar-refractivity contribution in [2.24, 2.45) is 10.8 Å². The van der Waals surface area contributed by atoms with Gasteiger partial charge in [-0.2, -0.15) is 0 Å². The van der Waals surface area contributed by atoms with Gasteiger partial charge in [0.15, 0.2) is 0 Å². The van der Waals surface area contributed by atoms with Gasteiger partial charge in [-0.3, -0.25) is 0 Å². The van der Waals surface area contributed by atoms with E-state index in [0.717, 1.165) is 0 Å². The van der Waals surface area contributed by atoms with E-state index in [1.807, 2.05) is 0 Å². The lowest BCUT2D eigenvalue weighted by Gasteiger charge is -2.62. The molecule has 428 valence electrons. The molecule has 0 radical (unpaired) electrons. The van der Waals surface area contributed by atoms with Gasteiger partial charge >= 0.3 is 0 Å². The van der Waals surface area contributed by atoms with Crippen molar-refractivity contribution in [1.29, 1.82) is 0 Å². The van der Waals surface area contributed by atoms with Crippen LogP contribution < -0.4 is 25.4 Å². The monoisotopic (exact) mass is 1170 g/mol. The van der Waals surface area contributed by atoms with E-state index >= 15 is 0 Å². The maximum Gasteiger partial charge on any atom is 0.0775 e. The van der Waals surface area contributed by atoms with Crippen molar-refractivity contribution in [3.63, 3.8) is 0 Å². The molecule has 10 aromatic carbocycles. The van der Waals surface area contributed by atoms with E-state index in [1.165, 1.54) is 121 Å². The average molecular weight is 1170 g/mol. The average Bonchev–Trinajstić information content (AvgIpc) is 1.44. The zero-order valence-corrected chi connectivity index (χ0v) is 57.2. The number of hydrogen-bond acceptors (Lipinski definition) is 2. The van der Waals surface area contributed by atoms with Crippen LogP contribution >= 0.6 is 10.0 Å². The van der Waals surface area contributed by atoms with Gasteiger partial charge in [-0.05, 0) is 163 Å². The quantitative estimate of drug-likeness (QED) is 0.119. The van der Waals surface area contributed by atoms with Gasteiger partial charge in [0.2, 0.25) is 0 Å². The van der Waals surface area contributed by atoms with Crippen molar-refractivity contribution >= 4 is 105 Å². The predicted molar refractivity (Wildman–Crippen MR) is 381 cm³/mol. The zero-order chi connectivity index (χ0) is 59.9. The van der Waals surface area contributed by atoms with Gasteiger partial charge in [0, 0.05) is 44.4 Å². The number of fused-ring (bicyclic) bond motifs is 10. The van der Waals surface area contributed by atoms with Crippen LogP contribution in [0.1, 0.15) is 63.8 Å². The maximum atomic E-state index is 2.70. The topological polar surface area (TPSA) is 6.48 Å². The Morgan fingerprint density at radius 3 is 0.881 bits per heavy atom. The Morgan fingerprint density at radius 2 is 0.595 bits per heavy atom. The summed E-state index contributed by atoms with van der Waals surface area (Å²) in [6.45, 7) is 37.5. The van der Waals surface area contributed by atoms with E-state index in [0.29, 0.717) is 0 Å². The van der Waals surface area contributed by atoms with Crippen LogP contribution in [0.4, 0.5) is 34.1 Å². The van der Waals surface area contributed by atoms with E-state index in [2.05, 4.69) is 335 Å². The van der Waals surface area contributed by atoms with Gasteiger partial charge < -0.3 is 9.80 Å². The van der Waals surface area contributed by atoms with Crippen molar-refractivity contribution in [1.82, 2.24) is 0 Å². The van der Waals surface area contributed by atoms with Crippen molar-refractivity contribution in [3.8, 4) is 22.3 Å². The molecule has 2 nitrogen and oxygen atoms in total. The smallest absolute Gasteiger partial charge is 0.0775 e. The Bertz CT molecular complexity index is 3790. The predicted octanol–water partition coefficient (Wildman–Crippen LogP) is 20.9. The van der Waals surface area contributed by atoms with Crippen LogP contribution in [-0.2, 0) is 10.8 Å². The van der Waals surface area contributed by atoms with E-state index in [-0.39, 0.29) is 10.8 Å². The van der Waals surface area contributed by atoms with Gasteiger partial charge in [-0.15, -0.1) is 0 Å². The van der Waals surface area contributed by atoms with E-state index in [9.17, 15) is 0 Å². The molecule has 2 aliphatic carbocycles. The summed E-state index contributed by atoms with van der Waals surface area (Å²) in [5, 5.41) is 9.45. The first-order valence-electron chi connectivity index (χ1n) is 30.5. The molecule has 0 saturated carbocycles. The van der Waals surface area contributed by atoms with Gasteiger partial charge in [0.05, 0.1) is 35.6 Å². The fourth-order valence-electron chi connectivity index (χ4n) is 15.3. The molecular formula is C78H88N2SSi3. The maximum absolute atomic E-state index is 2.70. The first kappa shape index (κ1) is 57.7. The van der Waals surface area contributed by atoms with Crippen molar-refractivity contribution in [2.45, 2.75) is 116 Å². The number of hydrogen-bond donors (Lipinski definition) is 0. The Labute approximate surface area is 508 Å². The molecule has 0 saturated heterocycles. The fraction of sp³-hybridized carbons (Fsp3) is 0.282. The standard InChI is InChI=1S/C78H88N2SSi3/c1-75(2,3)77(67-33-25-23-31-65(67)73-63-29-21-19-27-61(63)71(51-69(73)77)79(53-35-43-57(44-36-53)81(7,8)9)54-37-45-58(46-38-54)82(10,11)12)78(76(4,5)6)68-34-26-24-32-66(68)74-64-30-22-20-28-62(64)72(52-70(74)78)80(55-39-47-59(48-40-55)83(13,14)15)56-41-49-60(50-42-56)84(16,17)18/h19-52H,1-18H3. The highest BCUT2D eigenvalue weighted by atomic mass is 32.3. The second kappa shape index (κ2) is 20.0. The zero-order valence-electron chi connectivity index (χ0n) is 53.4. The molecule has 2 atom stereocenters. The lowest BCUT2D eigenvalue weighted by molar-refractivity contribution is 0.0595. The van der Waals surface area contributed by atoms with Crippen molar-refractivity contribution in [2.75, 3.05) is 28.6 Å². The van der Waals surface area contributed by atoms with Crippen LogP contribution in [0, 0.1) is 10.8 Å². The third-order valence-corrected chi connectivity index (χ3v) is 27.0. The summed E-state index contributed by atoms with van der Waals surface area (Å²) in [5.41, 5.74) is 15.9. The molecule has 0 aromatic heterocycles. The summed E-state index contributed by atoms with van der Waals surface area (Å²) >= 11 is 0. The lowest BCUT2D eigenvalue weighted by atomic mass is 9.39. The minimum absolute atomic E-state index is 0.387. The highest BCUT2D eigenvalue weighted by Crippen LogP contribution is 2.76. The van der Waals surface area contributed by atoms with Crippen molar-refractivity contribution < 1.29 is 0 Å². The van der Waals surface area contributed by atoms with Crippen LogP contribution in [0.5, 0.6) is 0 Å². The molecule has 10 aromatic rings. The normalized spacial score (nSPS) is 17.2. The fourth-order valence-corrected chi connectivity index (χ4v) is 19.8.